The summed E-state index contributed by atoms with van der Waals surface area (Å²) in [4.78, 5) is 39.1. The van der Waals surface area contributed by atoms with E-state index < -0.39 is 29.4 Å². The van der Waals surface area contributed by atoms with Crippen LogP contribution in [-0.4, -0.2) is 35.1 Å². The third-order valence-electron chi connectivity index (χ3n) is 6.17. The molecular formula is C31H24FIN2O5S. The minimum Gasteiger partial charge on any atom is -0.490 e. The highest BCUT2D eigenvalue weighted by atomic mass is 127. The van der Waals surface area contributed by atoms with Gasteiger partial charge in [-0.15, -0.1) is 0 Å². The lowest BCUT2D eigenvalue weighted by atomic mass is 10.1. The number of hydrogen-bond donors (Lipinski definition) is 1. The van der Waals surface area contributed by atoms with Crippen molar-refractivity contribution in [3.63, 3.8) is 0 Å². The second kappa shape index (κ2) is 12.7. The number of halogens is 2. The highest BCUT2D eigenvalue weighted by molar-refractivity contribution is 14.1. The molecule has 4 aromatic carbocycles. The Balaban J connectivity index is 1.32. The molecule has 0 aromatic heterocycles. The van der Waals surface area contributed by atoms with Gasteiger partial charge in [0.15, 0.2) is 11.5 Å². The van der Waals surface area contributed by atoms with E-state index in [1.54, 1.807) is 12.1 Å². The second-order valence-corrected chi connectivity index (χ2v) is 11.2. The summed E-state index contributed by atoms with van der Waals surface area (Å²) in [5.74, 6) is -0.610. The molecule has 208 valence electrons. The maximum Gasteiger partial charge on any atom is 0.294 e. The molecule has 0 aliphatic carbocycles. The third-order valence-corrected chi connectivity index (χ3v) is 7.87. The van der Waals surface area contributed by atoms with E-state index in [2.05, 4.69) is 46.1 Å². The minimum absolute atomic E-state index is 0.177. The average molecular weight is 683 g/mol. The maximum absolute atomic E-state index is 13.4. The molecule has 5 rings (SSSR count). The molecule has 0 unspecified atom stereocenters. The summed E-state index contributed by atoms with van der Waals surface area (Å²) in [5.41, 5.74) is 1.92. The Labute approximate surface area is 253 Å². The van der Waals surface area contributed by atoms with Gasteiger partial charge >= 0.3 is 0 Å². The lowest BCUT2D eigenvalue weighted by Gasteiger charge is -2.16. The van der Waals surface area contributed by atoms with Gasteiger partial charge in [-0.25, -0.2) is 4.39 Å². The van der Waals surface area contributed by atoms with Crippen LogP contribution in [0.1, 0.15) is 18.1 Å². The number of carbonyl (C=O) groups excluding carboxylic acids is 3. The molecule has 1 saturated heterocycles. The monoisotopic (exact) mass is 682 g/mol. The molecule has 1 fully saturated rings. The third kappa shape index (κ3) is 6.71. The molecule has 1 aliphatic heterocycles. The Morgan fingerprint density at radius 3 is 2.61 bits per heavy atom. The number of nitrogens with one attached hydrogen (secondary N) is 1. The summed E-state index contributed by atoms with van der Waals surface area (Å²) in [6, 6.07) is 23.2. The van der Waals surface area contributed by atoms with E-state index in [1.165, 1.54) is 18.2 Å². The molecule has 1 aliphatic rings. The van der Waals surface area contributed by atoms with Crippen LogP contribution in [-0.2, 0) is 16.2 Å². The Hall–Kier alpha value is -3.90. The average Bonchev–Trinajstić information content (AvgIpc) is 3.20. The Kier molecular flexibility index (Phi) is 8.89. The van der Waals surface area contributed by atoms with E-state index in [1.807, 2.05) is 37.3 Å². The first-order chi connectivity index (χ1) is 19.8. The summed E-state index contributed by atoms with van der Waals surface area (Å²) >= 11 is 2.91. The number of amides is 3. The van der Waals surface area contributed by atoms with E-state index >= 15 is 0 Å². The molecule has 0 spiro atoms. The molecule has 1 N–H and O–H groups in total. The van der Waals surface area contributed by atoms with Crippen LogP contribution in [0, 0.1) is 9.39 Å². The van der Waals surface area contributed by atoms with Gasteiger partial charge in [0.2, 0.25) is 5.91 Å². The zero-order valence-electron chi connectivity index (χ0n) is 21.9. The minimum atomic E-state index is -0.611. The van der Waals surface area contributed by atoms with Gasteiger partial charge in [0.1, 0.15) is 19.0 Å². The van der Waals surface area contributed by atoms with E-state index in [0.29, 0.717) is 30.3 Å². The smallest absolute Gasteiger partial charge is 0.294 e. The summed E-state index contributed by atoms with van der Waals surface area (Å²) in [6.07, 6.45) is 1.59. The Morgan fingerprint density at radius 2 is 1.80 bits per heavy atom. The van der Waals surface area contributed by atoms with Gasteiger partial charge < -0.3 is 14.8 Å². The zero-order valence-corrected chi connectivity index (χ0v) is 24.8. The van der Waals surface area contributed by atoms with Crippen molar-refractivity contribution in [2.45, 2.75) is 13.5 Å². The van der Waals surface area contributed by atoms with Gasteiger partial charge in [0, 0.05) is 5.69 Å². The molecule has 10 heteroatoms. The highest BCUT2D eigenvalue weighted by Gasteiger charge is 2.36. The number of fused-ring (bicyclic) bond motifs is 1. The summed E-state index contributed by atoms with van der Waals surface area (Å²) in [5, 5.41) is 4.17. The quantitative estimate of drug-likeness (QED) is 0.148. The predicted octanol–water partition coefficient (Wildman–Crippen LogP) is 7.24. The van der Waals surface area contributed by atoms with E-state index in [9.17, 15) is 18.8 Å². The number of carbonyl (C=O) groups is 3. The van der Waals surface area contributed by atoms with Crippen molar-refractivity contribution in [3.05, 3.63) is 104 Å². The number of anilines is 1. The molecule has 0 atom stereocenters. The number of nitrogens with zero attached hydrogens (tertiary/aromatic N) is 1. The highest BCUT2D eigenvalue weighted by Crippen LogP contribution is 2.38. The second-order valence-electron chi connectivity index (χ2n) is 9.02. The number of benzene rings is 4. The van der Waals surface area contributed by atoms with E-state index in [0.717, 1.165) is 42.6 Å². The van der Waals surface area contributed by atoms with Crippen molar-refractivity contribution in [2.75, 3.05) is 18.5 Å². The standard InChI is InChI=1S/C31H24FIN2O5S/c1-2-39-26-14-19(13-25(33)29(26)40-18-21-9-5-8-20-7-3-4-12-24(20)21)15-27-30(37)35(31(38)41-27)17-28(36)34-23-11-6-10-22(32)16-23/h3-16H,2,17-18H2,1H3,(H,34,36)/b27-15+. The van der Waals surface area contributed by atoms with Gasteiger partial charge in [-0.3, -0.25) is 19.3 Å². The summed E-state index contributed by atoms with van der Waals surface area (Å²) in [6.45, 7) is 2.13. The van der Waals surface area contributed by atoms with Crippen LogP contribution < -0.4 is 14.8 Å². The van der Waals surface area contributed by atoms with Crippen molar-refractivity contribution in [3.8, 4) is 11.5 Å². The fraction of sp³-hybridized carbons (Fsp3) is 0.129. The fourth-order valence-electron chi connectivity index (χ4n) is 4.34. The van der Waals surface area contributed by atoms with Crippen LogP contribution >= 0.6 is 34.4 Å². The van der Waals surface area contributed by atoms with Gasteiger partial charge in [-0.1, -0.05) is 48.5 Å². The molecule has 3 amide bonds. The molecular weight excluding hydrogens is 658 g/mol. The number of imide groups is 1. The van der Waals surface area contributed by atoms with Crippen molar-refractivity contribution in [1.29, 1.82) is 0 Å². The maximum atomic E-state index is 13.4. The largest absolute Gasteiger partial charge is 0.490 e. The van der Waals surface area contributed by atoms with Crippen LogP contribution in [0.2, 0.25) is 0 Å². The first kappa shape index (κ1) is 28.6. The fourth-order valence-corrected chi connectivity index (χ4v) is 5.96. The van der Waals surface area contributed by atoms with E-state index in [4.69, 9.17) is 9.47 Å². The van der Waals surface area contributed by atoms with Crippen molar-refractivity contribution in [1.82, 2.24) is 4.90 Å². The molecule has 4 aromatic rings. The van der Waals surface area contributed by atoms with Crippen molar-refractivity contribution < 1.29 is 28.2 Å². The van der Waals surface area contributed by atoms with E-state index in [-0.39, 0.29) is 10.6 Å². The molecule has 41 heavy (non-hydrogen) atoms. The number of ether oxygens (including phenoxy) is 2. The van der Waals surface area contributed by atoms with Crippen LogP contribution in [0.5, 0.6) is 11.5 Å². The molecule has 0 bridgehead atoms. The van der Waals surface area contributed by atoms with Crippen LogP contribution in [0.15, 0.2) is 83.8 Å². The van der Waals surface area contributed by atoms with Crippen LogP contribution in [0.25, 0.3) is 16.8 Å². The topological polar surface area (TPSA) is 84.9 Å². The zero-order chi connectivity index (χ0) is 28.9. The number of rotatable bonds is 9. The SMILES string of the molecule is CCOc1cc(/C=C2/SC(=O)N(CC(=O)Nc3cccc(F)c3)C2=O)cc(I)c1OCc1cccc2ccccc12. The number of hydrogen-bond acceptors (Lipinski definition) is 6. The molecule has 1 heterocycles. The summed E-state index contributed by atoms with van der Waals surface area (Å²) < 4.78 is 26.3. The molecule has 7 nitrogen and oxygen atoms in total. The van der Waals surface area contributed by atoms with Crippen molar-refractivity contribution >= 4 is 73.9 Å². The first-order valence-electron chi connectivity index (χ1n) is 12.7. The Morgan fingerprint density at radius 1 is 1.02 bits per heavy atom. The van der Waals surface area contributed by atoms with Gasteiger partial charge in [-0.05, 0) is 99.6 Å². The molecule has 0 radical (unpaired) electrons. The van der Waals surface area contributed by atoms with Crippen molar-refractivity contribution in [2.24, 2.45) is 0 Å². The van der Waals surface area contributed by atoms with Gasteiger partial charge in [0.05, 0.1) is 15.1 Å². The summed E-state index contributed by atoms with van der Waals surface area (Å²) in [7, 11) is 0. The Bertz CT molecular complexity index is 1690. The van der Waals surface area contributed by atoms with Gasteiger partial charge in [0.25, 0.3) is 11.1 Å². The number of thioether (sulfide) groups is 1. The predicted molar refractivity (Wildman–Crippen MR) is 166 cm³/mol. The normalized spacial score (nSPS) is 14.1. The first-order valence-corrected chi connectivity index (χ1v) is 14.6. The van der Waals surface area contributed by atoms with Gasteiger partial charge in [-0.2, -0.15) is 0 Å². The lowest BCUT2D eigenvalue weighted by Crippen LogP contribution is -2.36. The molecule has 0 saturated carbocycles. The lowest BCUT2D eigenvalue weighted by molar-refractivity contribution is -0.127. The van der Waals surface area contributed by atoms with Crippen LogP contribution in [0.3, 0.4) is 0 Å². The van der Waals surface area contributed by atoms with Crippen LogP contribution in [0.4, 0.5) is 14.9 Å².